The minimum absolute atomic E-state index is 0.0379. The van der Waals surface area contributed by atoms with Crippen LogP contribution in [0.3, 0.4) is 0 Å². The van der Waals surface area contributed by atoms with Gasteiger partial charge in [0.15, 0.2) is 5.96 Å². The van der Waals surface area contributed by atoms with Gasteiger partial charge in [-0.25, -0.2) is 4.99 Å². The maximum absolute atomic E-state index is 11.9. The number of likely N-dealkylation sites (N-methyl/N-ethyl adjacent to an activating group) is 2. The van der Waals surface area contributed by atoms with Gasteiger partial charge in [0, 0.05) is 41.3 Å². The van der Waals surface area contributed by atoms with Crippen molar-refractivity contribution in [2.75, 3.05) is 47.8 Å². The molecular weight excluding hydrogens is 318 g/mol. The summed E-state index contributed by atoms with van der Waals surface area (Å²) in [6.07, 6.45) is 0.917. The Morgan fingerprint density at radius 2 is 1.72 bits per heavy atom. The summed E-state index contributed by atoms with van der Waals surface area (Å²) in [5.74, 6) is 0.486. The molecule has 1 aromatic carbocycles. The fourth-order valence-corrected chi connectivity index (χ4v) is 2.54. The maximum atomic E-state index is 11.9. The summed E-state index contributed by atoms with van der Waals surface area (Å²) >= 11 is 0. The zero-order valence-corrected chi connectivity index (χ0v) is 15.5. The standard InChI is InChI=1S/C18H27N5O2/c1-21(2)16(24)11-19-18(20-12-17(25)22(3)4)23-10-9-14-7-5-6-8-15(14)13-23/h5-8H,9-13H2,1-4H3,(H,19,20). The fourth-order valence-electron chi connectivity index (χ4n) is 2.54. The van der Waals surface area contributed by atoms with E-state index in [1.807, 2.05) is 12.1 Å². The van der Waals surface area contributed by atoms with Crippen LogP contribution in [-0.2, 0) is 22.6 Å². The van der Waals surface area contributed by atoms with Gasteiger partial charge in [-0.05, 0) is 17.5 Å². The summed E-state index contributed by atoms with van der Waals surface area (Å²) in [6, 6.07) is 8.32. The lowest BCUT2D eigenvalue weighted by molar-refractivity contribution is -0.127. The van der Waals surface area contributed by atoms with Crippen molar-refractivity contribution in [3.8, 4) is 0 Å². The molecule has 1 aromatic rings. The number of hydrogen-bond donors (Lipinski definition) is 1. The van der Waals surface area contributed by atoms with Crippen molar-refractivity contribution in [1.29, 1.82) is 0 Å². The smallest absolute Gasteiger partial charge is 0.243 e. The van der Waals surface area contributed by atoms with Gasteiger partial charge >= 0.3 is 0 Å². The van der Waals surface area contributed by atoms with Crippen LogP contribution in [0.4, 0.5) is 0 Å². The van der Waals surface area contributed by atoms with E-state index in [0.717, 1.165) is 13.0 Å². The van der Waals surface area contributed by atoms with E-state index in [0.29, 0.717) is 12.5 Å². The van der Waals surface area contributed by atoms with Crippen molar-refractivity contribution in [1.82, 2.24) is 20.0 Å². The molecule has 2 amide bonds. The van der Waals surface area contributed by atoms with Gasteiger partial charge in [0.25, 0.3) is 0 Å². The maximum Gasteiger partial charge on any atom is 0.243 e. The largest absolute Gasteiger partial charge is 0.347 e. The summed E-state index contributed by atoms with van der Waals surface area (Å²) in [4.78, 5) is 33.3. The lowest BCUT2D eigenvalue weighted by Gasteiger charge is -2.32. The van der Waals surface area contributed by atoms with Gasteiger partial charge < -0.3 is 20.0 Å². The Morgan fingerprint density at radius 1 is 1.08 bits per heavy atom. The molecule has 2 rings (SSSR count). The Labute approximate surface area is 149 Å². The molecule has 0 radical (unpaired) electrons. The van der Waals surface area contributed by atoms with Crippen LogP contribution in [0.2, 0.25) is 0 Å². The average molecular weight is 345 g/mol. The molecule has 0 saturated carbocycles. The van der Waals surface area contributed by atoms with Gasteiger partial charge in [-0.1, -0.05) is 24.3 Å². The van der Waals surface area contributed by atoms with Crippen LogP contribution in [0.25, 0.3) is 0 Å². The van der Waals surface area contributed by atoms with E-state index in [2.05, 4.69) is 27.3 Å². The number of guanidine groups is 1. The molecule has 1 N–H and O–H groups in total. The van der Waals surface area contributed by atoms with E-state index >= 15 is 0 Å². The van der Waals surface area contributed by atoms with E-state index in [-0.39, 0.29) is 24.9 Å². The van der Waals surface area contributed by atoms with Crippen LogP contribution < -0.4 is 5.32 Å². The number of aliphatic imine (C=N–C) groups is 1. The van der Waals surface area contributed by atoms with E-state index in [1.54, 1.807) is 28.2 Å². The van der Waals surface area contributed by atoms with Crippen LogP contribution >= 0.6 is 0 Å². The SMILES string of the molecule is CN(C)C(=O)CN=C(NCC(=O)N(C)C)N1CCc2ccccc2C1. The highest BCUT2D eigenvalue weighted by molar-refractivity contribution is 5.88. The molecule has 7 nitrogen and oxygen atoms in total. The lowest BCUT2D eigenvalue weighted by atomic mass is 10.0. The number of benzene rings is 1. The van der Waals surface area contributed by atoms with Crippen molar-refractivity contribution in [2.45, 2.75) is 13.0 Å². The van der Waals surface area contributed by atoms with E-state index in [4.69, 9.17) is 0 Å². The van der Waals surface area contributed by atoms with Crippen molar-refractivity contribution in [3.05, 3.63) is 35.4 Å². The molecule has 0 bridgehead atoms. The molecule has 7 heteroatoms. The van der Waals surface area contributed by atoms with E-state index in [1.165, 1.54) is 20.9 Å². The Balaban J connectivity index is 2.12. The first-order valence-corrected chi connectivity index (χ1v) is 8.39. The van der Waals surface area contributed by atoms with E-state index < -0.39 is 0 Å². The molecule has 25 heavy (non-hydrogen) atoms. The molecule has 0 unspecified atom stereocenters. The van der Waals surface area contributed by atoms with Crippen molar-refractivity contribution in [2.24, 2.45) is 4.99 Å². The summed E-state index contributed by atoms with van der Waals surface area (Å²) < 4.78 is 0. The summed E-state index contributed by atoms with van der Waals surface area (Å²) in [5.41, 5.74) is 2.59. The third-order valence-electron chi connectivity index (χ3n) is 4.19. The first-order chi connectivity index (χ1) is 11.9. The van der Waals surface area contributed by atoms with Gasteiger partial charge in [-0.2, -0.15) is 0 Å². The third-order valence-corrected chi connectivity index (χ3v) is 4.19. The van der Waals surface area contributed by atoms with Crippen LogP contribution in [-0.4, -0.2) is 80.3 Å². The number of fused-ring (bicyclic) bond motifs is 1. The number of hydrogen-bond acceptors (Lipinski definition) is 3. The molecule has 1 heterocycles. The minimum Gasteiger partial charge on any atom is -0.347 e. The van der Waals surface area contributed by atoms with Gasteiger partial charge in [-0.15, -0.1) is 0 Å². The van der Waals surface area contributed by atoms with Gasteiger partial charge in [0.1, 0.15) is 6.54 Å². The molecule has 0 aliphatic carbocycles. The second-order valence-corrected chi connectivity index (χ2v) is 6.51. The van der Waals surface area contributed by atoms with Crippen LogP contribution in [0.5, 0.6) is 0 Å². The first-order valence-electron chi connectivity index (χ1n) is 8.39. The lowest BCUT2D eigenvalue weighted by Crippen LogP contribution is -2.47. The summed E-state index contributed by atoms with van der Waals surface area (Å²) in [5, 5.41) is 3.11. The number of carbonyl (C=O) groups excluding carboxylic acids is 2. The van der Waals surface area contributed by atoms with Gasteiger partial charge in [0.2, 0.25) is 11.8 Å². The molecule has 0 fully saturated rings. The second kappa shape index (κ2) is 8.50. The van der Waals surface area contributed by atoms with Crippen LogP contribution in [0, 0.1) is 0 Å². The average Bonchev–Trinajstić information content (AvgIpc) is 2.60. The molecule has 0 spiro atoms. The quantitative estimate of drug-likeness (QED) is 0.624. The number of nitrogens with zero attached hydrogens (tertiary/aromatic N) is 4. The Morgan fingerprint density at radius 3 is 2.36 bits per heavy atom. The van der Waals surface area contributed by atoms with Gasteiger partial charge in [0.05, 0.1) is 6.54 Å². The Kier molecular flexibility index (Phi) is 6.38. The summed E-state index contributed by atoms with van der Waals surface area (Å²) in [6.45, 7) is 1.73. The zero-order valence-electron chi connectivity index (χ0n) is 15.5. The second-order valence-electron chi connectivity index (χ2n) is 6.51. The van der Waals surface area contributed by atoms with Crippen LogP contribution in [0.1, 0.15) is 11.1 Å². The normalized spacial score (nSPS) is 13.9. The molecule has 136 valence electrons. The number of rotatable bonds is 4. The monoisotopic (exact) mass is 345 g/mol. The zero-order chi connectivity index (χ0) is 18.4. The highest BCUT2D eigenvalue weighted by atomic mass is 16.2. The molecular formula is C18H27N5O2. The molecule has 0 saturated heterocycles. The fraction of sp³-hybridized carbons (Fsp3) is 0.500. The van der Waals surface area contributed by atoms with Crippen molar-refractivity contribution in [3.63, 3.8) is 0 Å². The van der Waals surface area contributed by atoms with Crippen LogP contribution in [0.15, 0.2) is 29.3 Å². The number of nitrogens with one attached hydrogen (secondary N) is 1. The van der Waals surface area contributed by atoms with E-state index in [9.17, 15) is 9.59 Å². The minimum atomic E-state index is -0.0735. The Hall–Kier alpha value is -2.57. The number of amides is 2. The molecule has 1 aliphatic heterocycles. The summed E-state index contributed by atoms with van der Waals surface area (Å²) in [7, 11) is 6.84. The molecule has 0 atom stereocenters. The van der Waals surface area contributed by atoms with Crippen molar-refractivity contribution >= 4 is 17.8 Å². The predicted octanol–water partition coefficient (Wildman–Crippen LogP) is 0.167. The van der Waals surface area contributed by atoms with Crippen molar-refractivity contribution < 1.29 is 9.59 Å². The first kappa shape index (κ1) is 18.8. The molecule has 1 aliphatic rings. The predicted molar refractivity (Wildman–Crippen MR) is 98.2 cm³/mol. The molecule has 0 aromatic heterocycles. The Bertz CT molecular complexity index is 655. The number of carbonyl (C=O) groups is 2. The van der Waals surface area contributed by atoms with Gasteiger partial charge in [-0.3, -0.25) is 9.59 Å². The topological polar surface area (TPSA) is 68.2 Å². The third kappa shape index (κ3) is 5.20. The highest BCUT2D eigenvalue weighted by Gasteiger charge is 2.20. The highest BCUT2D eigenvalue weighted by Crippen LogP contribution is 2.18.